The predicted molar refractivity (Wildman–Crippen MR) is 90.8 cm³/mol. The van der Waals surface area contributed by atoms with Gasteiger partial charge in [0.1, 0.15) is 0 Å². The lowest BCUT2D eigenvalue weighted by molar-refractivity contribution is -0.138. The minimum absolute atomic E-state index is 0.272. The SMILES string of the molecule is C=CC(=O)OCCCCOP(=O)(CC)OCCCCOC(=O)C=C. The first kappa shape index (κ1) is 22.6. The molecule has 0 spiro atoms. The van der Waals surface area contributed by atoms with Gasteiger partial charge in [-0.05, 0) is 25.7 Å². The summed E-state index contributed by atoms with van der Waals surface area (Å²) in [5, 5.41) is 0. The fraction of sp³-hybridized carbons (Fsp3) is 0.625. The molecule has 0 aliphatic rings. The summed E-state index contributed by atoms with van der Waals surface area (Å²) < 4.78 is 32.7. The summed E-state index contributed by atoms with van der Waals surface area (Å²) >= 11 is 0. The van der Waals surface area contributed by atoms with E-state index < -0.39 is 19.5 Å². The van der Waals surface area contributed by atoms with Crippen molar-refractivity contribution in [3.63, 3.8) is 0 Å². The lowest BCUT2D eigenvalue weighted by Gasteiger charge is -2.17. The van der Waals surface area contributed by atoms with Gasteiger partial charge in [-0.25, -0.2) is 9.59 Å². The lowest BCUT2D eigenvalue weighted by atomic mass is 10.3. The second-order valence-electron chi connectivity index (χ2n) is 4.75. The number of esters is 2. The Labute approximate surface area is 143 Å². The molecule has 138 valence electrons. The molecule has 0 saturated heterocycles. The first-order valence-corrected chi connectivity index (χ1v) is 9.66. The van der Waals surface area contributed by atoms with Crippen LogP contribution in [0.1, 0.15) is 32.6 Å². The first-order chi connectivity index (χ1) is 11.5. The highest BCUT2D eigenvalue weighted by Gasteiger charge is 2.21. The molecule has 0 bridgehead atoms. The fourth-order valence-electron chi connectivity index (χ4n) is 1.50. The van der Waals surface area contributed by atoms with Crippen molar-refractivity contribution < 1.29 is 32.7 Å². The number of rotatable bonds is 15. The highest BCUT2D eigenvalue weighted by atomic mass is 31.2. The Balaban J connectivity index is 3.74. The van der Waals surface area contributed by atoms with E-state index in [1.54, 1.807) is 6.92 Å². The van der Waals surface area contributed by atoms with Crippen molar-refractivity contribution in [1.29, 1.82) is 0 Å². The quantitative estimate of drug-likeness (QED) is 0.191. The summed E-state index contributed by atoms with van der Waals surface area (Å²) in [6.07, 6.45) is 4.92. The van der Waals surface area contributed by atoms with E-state index in [0.717, 1.165) is 12.2 Å². The molecule has 0 aromatic rings. The van der Waals surface area contributed by atoms with Crippen LogP contribution in [0.5, 0.6) is 0 Å². The van der Waals surface area contributed by atoms with Gasteiger partial charge in [0.2, 0.25) is 0 Å². The number of unbranched alkanes of at least 4 members (excludes halogenated alkanes) is 2. The largest absolute Gasteiger partial charge is 0.463 e. The van der Waals surface area contributed by atoms with E-state index in [1.165, 1.54) is 0 Å². The summed E-state index contributed by atoms with van der Waals surface area (Å²) in [6.45, 7) is 9.42. The van der Waals surface area contributed by atoms with Crippen molar-refractivity contribution in [3.8, 4) is 0 Å². The molecule has 0 aliphatic carbocycles. The Bertz CT molecular complexity index is 412. The molecule has 0 aliphatic heterocycles. The Kier molecular flexibility index (Phi) is 13.1. The molecule has 7 nitrogen and oxygen atoms in total. The van der Waals surface area contributed by atoms with Crippen LogP contribution in [-0.2, 0) is 32.7 Å². The fourth-order valence-corrected chi connectivity index (χ4v) is 2.75. The number of ether oxygens (including phenoxy) is 2. The number of hydrogen-bond donors (Lipinski definition) is 0. The molecule has 0 atom stereocenters. The average Bonchev–Trinajstić information content (AvgIpc) is 2.60. The molecule has 8 heteroatoms. The maximum atomic E-state index is 12.3. The second-order valence-corrected chi connectivity index (χ2v) is 7.12. The van der Waals surface area contributed by atoms with Crippen LogP contribution in [0.2, 0.25) is 0 Å². The summed E-state index contributed by atoms with van der Waals surface area (Å²) in [5.41, 5.74) is 0. The standard InChI is InChI=1S/C16H27O7P/c1-4-15(17)20-11-7-9-13-22-24(19,6-3)23-14-10-8-12-21-16(18)5-2/h4-5H,1-2,6-14H2,3H3. The molecule has 0 rings (SSSR count). The van der Waals surface area contributed by atoms with Crippen LogP contribution in [0.4, 0.5) is 0 Å². The first-order valence-electron chi connectivity index (χ1n) is 7.94. The van der Waals surface area contributed by atoms with E-state index >= 15 is 0 Å². The van der Waals surface area contributed by atoms with E-state index in [4.69, 9.17) is 18.5 Å². The van der Waals surface area contributed by atoms with Gasteiger partial charge in [0.05, 0.1) is 26.4 Å². The Morgan fingerprint density at radius 1 is 0.833 bits per heavy atom. The molecule has 0 aromatic heterocycles. The number of hydrogen-bond acceptors (Lipinski definition) is 7. The summed E-state index contributed by atoms with van der Waals surface area (Å²) in [7, 11) is -3.10. The van der Waals surface area contributed by atoms with Crippen LogP contribution >= 0.6 is 7.60 Å². The number of carbonyl (C=O) groups excluding carboxylic acids is 2. The van der Waals surface area contributed by atoms with E-state index in [0.29, 0.717) is 25.7 Å². The Hall–Kier alpha value is -1.43. The molecule has 0 unspecified atom stereocenters. The summed E-state index contributed by atoms with van der Waals surface area (Å²) in [5.74, 6) is -0.922. The van der Waals surface area contributed by atoms with Crippen LogP contribution in [0.3, 0.4) is 0 Å². The van der Waals surface area contributed by atoms with E-state index in [1.807, 2.05) is 0 Å². The lowest BCUT2D eigenvalue weighted by Crippen LogP contribution is -2.06. The minimum atomic E-state index is -3.10. The van der Waals surface area contributed by atoms with Gasteiger partial charge in [0.15, 0.2) is 0 Å². The van der Waals surface area contributed by atoms with Crippen LogP contribution < -0.4 is 0 Å². The summed E-state index contributed by atoms with van der Waals surface area (Å²) in [4.78, 5) is 21.7. The van der Waals surface area contributed by atoms with E-state index in [9.17, 15) is 14.2 Å². The molecular weight excluding hydrogens is 335 g/mol. The van der Waals surface area contributed by atoms with Gasteiger partial charge in [-0.1, -0.05) is 20.1 Å². The molecule has 0 heterocycles. The average molecular weight is 362 g/mol. The third-order valence-corrected chi connectivity index (χ3v) is 4.79. The van der Waals surface area contributed by atoms with Gasteiger partial charge in [-0.2, -0.15) is 0 Å². The van der Waals surface area contributed by atoms with Crippen LogP contribution in [0, 0.1) is 0 Å². The maximum Gasteiger partial charge on any atom is 0.330 e. The third kappa shape index (κ3) is 12.0. The summed E-state index contributed by atoms with van der Waals surface area (Å²) in [6, 6.07) is 0. The maximum absolute atomic E-state index is 12.3. The van der Waals surface area contributed by atoms with Gasteiger partial charge < -0.3 is 18.5 Å². The van der Waals surface area contributed by atoms with Crippen LogP contribution in [-0.4, -0.2) is 44.5 Å². The molecule has 0 radical (unpaired) electrons. The smallest absolute Gasteiger partial charge is 0.330 e. The van der Waals surface area contributed by atoms with Crippen molar-refractivity contribution in [1.82, 2.24) is 0 Å². The zero-order valence-corrected chi connectivity index (χ0v) is 15.1. The Morgan fingerprint density at radius 3 is 1.54 bits per heavy atom. The van der Waals surface area contributed by atoms with Crippen LogP contribution in [0.15, 0.2) is 25.3 Å². The van der Waals surface area contributed by atoms with E-state index in [2.05, 4.69) is 13.2 Å². The van der Waals surface area contributed by atoms with Crippen molar-refractivity contribution in [2.75, 3.05) is 32.6 Å². The van der Waals surface area contributed by atoms with Gasteiger partial charge in [-0.15, -0.1) is 0 Å². The molecule has 0 saturated carbocycles. The predicted octanol–water partition coefficient (Wildman–Crippen LogP) is 3.25. The van der Waals surface area contributed by atoms with Gasteiger partial charge in [0.25, 0.3) is 0 Å². The zero-order valence-electron chi connectivity index (χ0n) is 14.2. The highest BCUT2D eigenvalue weighted by Crippen LogP contribution is 2.47. The van der Waals surface area contributed by atoms with Crippen molar-refractivity contribution in [3.05, 3.63) is 25.3 Å². The Morgan fingerprint density at radius 2 is 1.21 bits per heavy atom. The van der Waals surface area contributed by atoms with Crippen molar-refractivity contribution >= 4 is 19.5 Å². The van der Waals surface area contributed by atoms with Crippen LogP contribution in [0.25, 0.3) is 0 Å². The van der Waals surface area contributed by atoms with Gasteiger partial charge in [0, 0.05) is 18.3 Å². The molecule has 0 amide bonds. The minimum Gasteiger partial charge on any atom is -0.463 e. The van der Waals surface area contributed by atoms with E-state index in [-0.39, 0.29) is 32.6 Å². The number of carbonyl (C=O) groups is 2. The molecule has 24 heavy (non-hydrogen) atoms. The molecule has 0 fully saturated rings. The van der Waals surface area contributed by atoms with Crippen molar-refractivity contribution in [2.24, 2.45) is 0 Å². The topological polar surface area (TPSA) is 88.1 Å². The molecule has 0 aromatic carbocycles. The van der Waals surface area contributed by atoms with Crippen molar-refractivity contribution in [2.45, 2.75) is 32.6 Å². The molecule has 0 N–H and O–H groups in total. The van der Waals surface area contributed by atoms with Gasteiger partial charge in [-0.3, -0.25) is 4.57 Å². The second kappa shape index (κ2) is 14.0. The zero-order chi connectivity index (χ0) is 18.3. The monoisotopic (exact) mass is 362 g/mol. The highest BCUT2D eigenvalue weighted by molar-refractivity contribution is 7.53. The third-order valence-electron chi connectivity index (χ3n) is 2.86. The molecular formula is C16H27O7P. The van der Waals surface area contributed by atoms with Gasteiger partial charge >= 0.3 is 19.5 Å². The normalized spacial score (nSPS) is 10.9.